The summed E-state index contributed by atoms with van der Waals surface area (Å²) in [5.41, 5.74) is 4.57. The quantitative estimate of drug-likeness (QED) is 0.706. The fourth-order valence-electron chi connectivity index (χ4n) is 2.70. The van der Waals surface area contributed by atoms with E-state index in [-0.39, 0.29) is 12.3 Å². The van der Waals surface area contributed by atoms with Gasteiger partial charge in [-0.2, -0.15) is 0 Å². The van der Waals surface area contributed by atoms with E-state index in [0.717, 1.165) is 25.7 Å². The van der Waals surface area contributed by atoms with Crippen LogP contribution in [0.5, 0.6) is 0 Å². The third-order valence-electron chi connectivity index (χ3n) is 4.15. The van der Waals surface area contributed by atoms with Crippen LogP contribution in [0.3, 0.4) is 0 Å². The van der Waals surface area contributed by atoms with E-state index in [1.54, 1.807) is 13.8 Å². The minimum Gasteiger partial charge on any atom is -0.481 e. The molecular formula is C14H26N2O3. The van der Waals surface area contributed by atoms with E-state index in [1.807, 2.05) is 0 Å². The van der Waals surface area contributed by atoms with Crippen molar-refractivity contribution in [2.24, 2.45) is 17.1 Å². The summed E-state index contributed by atoms with van der Waals surface area (Å²) in [6, 6.07) is 0. The summed E-state index contributed by atoms with van der Waals surface area (Å²) >= 11 is 0. The van der Waals surface area contributed by atoms with Gasteiger partial charge in [-0.1, -0.05) is 6.92 Å². The van der Waals surface area contributed by atoms with Crippen LogP contribution in [-0.4, -0.2) is 29.1 Å². The van der Waals surface area contributed by atoms with Crippen molar-refractivity contribution in [1.29, 1.82) is 0 Å². The van der Waals surface area contributed by atoms with Gasteiger partial charge >= 0.3 is 5.97 Å². The monoisotopic (exact) mass is 270 g/mol. The standard InChI is InChI=1S/C14H26N2O3/c1-10-4-6-14(9-15,7-5-10)12(19)16-13(2,3)8-11(17)18/h10H,4-9,15H2,1-3H3,(H,16,19)(H,17,18). The van der Waals surface area contributed by atoms with E-state index in [0.29, 0.717) is 12.5 Å². The number of carboxylic acids is 1. The topological polar surface area (TPSA) is 92.4 Å². The number of carbonyl (C=O) groups excluding carboxylic acids is 1. The van der Waals surface area contributed by atoms with Gasteiger partial charge in [0, 0.05) is 12.1 Å². The summed E-state index contributed by atoms with van der Waals surface area (Å²) in [5, 5.41) is 11.7. The van der Waals surface area contributed by atoms with Crippen molar-refractivity contribution in [1.82, 2.24) is 5.32 Å². The summed E-state index contributed by atoms with van der Waals surface area (Å²) in [7, 11) is 0. The number of hydrogen-bond donors (Lipinski definition) is 3. The average Bonchev–Trinajstić information content (AvgIpc) is 2.27. The predicted octanol–water partition coefficient (Wildman–Crippen LogP) is 1.51. The molecule has 0 radical (unpaired) electrons. The molecule has 0 spiro atoms. The number of aliphatic carboxylic acids is 1. The molecule has 0 aromatic carbocycles. The number of nitrogens with one attached hydrogen (secondary N) is 1. The van der Waals surface area contributed by atoms with Crippen LogP contribution in [0.25, 0.3) is 0 Å². The lowest BCUT2D eigenvalue weighted by atomic mass is 9.70. The second-order valence-corrected chi connectivity index (χ2v) is 6.58. The second-order valence-electron chi connectivity index (χ2n) is 6.58. The molecule has 110 valence electrons. The van der Waals surface area contributed by atoms with Crippen molar-refractivity contribution in [3.05, 3.63) is 0 Å². The van der Waals surface area contributed by atoms with Crippen LogP contribution in [0.1, 0.15) is 52.9 Å². The fraction of sp³-hybridized carbons (Fsp3) is 0.857. The number of hydrogen-bond acceptors (Lipinski definition) is 3. The molecule has 5 nitrogen and oxygen atoms in total. The van der Waals surface area contributed by atoms with Crippen molar-refractivity contribution < 1.29 is 14.7 Å². The Morgan fingerprint density at radius 3 is 2.32 bits per heavy atom. The van der Waals surface area contributed by atoms with E-state index in [4.69, 9.17) is 10.8 Å². The van der Waals surface area contributed by atoms with E-state index in [2.05, 4.69) is 12.2 Å². The minimum atomic E-state index is -0.913. The zero-order valence-electron chi connectivity index (χ0n) is 12.2. The minimum absolute atomic E-state index is 0.0875. The van der Waals surface area contributed by atoms with Gasteiger partial charge in [-0.3, -0.25) is 9.59 Å². The summed E-state index contributed by atoms with van der Waals surface area (Å²) < 4.78 is 0. The lowest BCUT2D eigenvalue weighted by molar-refractivity contribution is -0.140. The van der Waals surface area contributed by atoms with E-state index in [1.165, 1.54) is 0 Å². The van der Waals surface area contributed by atoms with Crippen LogP contribution in [0.4, 0.5) is 0 Å². The first kappa shape index (κ1) is 16.0. The Labute approximate surface area is 114 Å². The van der Waals surface area contributed by atoms with Crippen LogP contribution in [0, 0.1) is 11.3 Å². The largest absolute Gasteiger partial charge is 0.481 e. The third kappa shape index (κ3) is 4.20. The molecule has 0 aromatic heterocycles. The maximum absolute atomic E-state index is 12.5. The van der Waals surface area contributed by atoms with Gasteiger partial charge in [-0.05, 0) is 45.4 Å². The Morgan fingerprint density at radius 1 is 1.37 bits per heavy atom. The number of amides is 1. The molecule has 1 aliphatic carbocycles. The maximum atomic E-state index is 12.5. The lowest BCUT2D eigenvalue weighted by Gasteiger charge is -2.39. The molecule has 19 heavy (non-hydrogen) atoms. The molecule has 5 heteroatoms. The van der Waals surface area contributed by atoms with E-state index in [9.17, 15) is 9.59 Å². The first-order valence-corrected chi connectivity index (χ1v) is 6.95. The van der Waals surface area contributed by atoms with Crippen LogP contribution >= 0.6 is 0 Å². The summed E-state index contributed by atoms with van der Waals surface area (Å²) in [4.78, 5) is 23.3. The highest BCUT2D eigenvalue weighted by molar-refractivity contribution is 5.84. The van der Waals surface area contributed by atoms with E-state index >= 15 is 0 Å². The van der Waals surface area contributed by atoms with Gasteiger partial charge < -0.3 is 16.2 Å². The Hall–Kier alpha value is -1.10. The fourth-order valence-corrected chi connectivity index (χ4v) is 2.70. The van der Waals surface area contributed by atoms with Gasteiger partial charge in [0.2, 0.25) is 5.91 Å². The Balaban J connectivity index is 2.72. The second kappa shape index (κ2) is 5.90. The first-order chi connectivity index (χ1) is 8.71. The smallest absolute Gasteiger partial charge is 0.305 e. The molecule has 1 saturated carbocycles. The maximum Gasteiger partial charge on any atom is 0.305 e. The highest BCUT2D eigenvalue weighted by Crippen LogP contribution is 2.38. The number of nitrogens with two attached hydrogens (primary N) is 1. The van der Waals surface area contributed by atoms with Crippen molar-refractivity contribution >= 4 is 11.9 Å². The van der Waals surface area contributed by atoms with Crippen LogP contribution in [-0.2, 0) is 9.59 Å². The molecule has 1 fully saturated rings. The van der Waals surface area contributed by atoms with Gasteiger partial charge in [0.15, 0.2) is 0 Å². The Kier molecular flexibility index (Phi) is 4.96. The zero-order valence-corrected chi connectivity index (χ0v) is 12.2. The van der Waals surface area contributed by atoms with E-state index < -0.39 is 16.9 Å². The molecule has 4 N–H and O–H groups in total. The van der Waals surface area contributed by atoms with Crippen LogP contribution < -0.4 is 11.1 Å². The Morgan fingerprint density at radius 2 is 1.89 bits per heavy atom. The molecule has 0 unspecified atom stereocenters. The third-order valence-corrected chi connectivity index (χ3v) is 4.15. The number of carbonyl (C=O) groups is 2. The van der Waals surface area contributed by atoms with Gasteiger partial charge in [0.05, 0.1) is 11.8 Å². The van der Waals surface area contributed by atoms with Gasteiger partial charge in [-0.15, -0.1) is 0 Å². The molecule has 0 atom stereocenters. The highest BCUT2D eigenvalue weighted by Gasteiger charge is 2.41. The molecular weight excluding hydrogens is 244 g/mol. The Bertz CT molecular complexity index is 345. The number of carboxylic acid groups (broad SMARTS) is 1. The van der Waals surface area contributed by atoms with Crippen molar-refractivity contribution in [3.8, 4) is 0 Å². The summed E-state index contributed by atoms with van der Waals surface area (Å²) in [5.74, 6) is -0.364. The summed E-state index contributed by atoms with van der Waals surface area (Å²) in [6.07, 6.45) is 3.50. The van der Waals surface area contributed by atoms with Crippen molar-refractivity contribution in [2.75, 3.05) is 6.54 Å². The SMILES string of the molecule is CC1CCC(CN)(C(=O)NC(C)(C)CC(=O)O)CC1. The number of rotatable bonds is 5. The van der Waals surface area contributed by atoms with Crippen molar-refractivity contribution in [2.45, 2.75) is 58.4 Å². The van der Waals surface area contributed by atoms with Gasteiger partial charge in [-0.25, -0.2) is 0 Å². The molecule has 1 aliphatic rings. The molecule has 0 saturated heterocycles. The molecule has 0 heterocycles. The van der Waals surface area contributed by atoms with Crippen LogP contribution in [0.2, 0.25) is 0 Å². The summed E-state index contributed by atoms with van der Waals surface area (Å²) in [6.45, 7) is 5.98. The first-order valence-electron chi connectivity index (χ1n) is 6.95. The molecule has 0 aromatic rings. The highest BCUT2D eigenvalue weighted by atomic mass is 16.4. The van der Waals surface area contributed by atoms with Gasteiger partial charge in [0.25, 0.3) is 0 Å². The molecule has 1 amide bonds. The average molecular weight is 270 g/mol. The lowest BCUT2D eigenvalue weighted by Crippen LogP contribution is -2.54. The normalized spacial score (nSPS) is 27.9. The van der Waals surface area contributed by atoms with Crippen LogP contribution in [0.15, 0.2) is 0 Å². The van der Waals surface area contributed by atoms with Gasteiger partial charge in [0.1, 0.15) is 0 Å². The predicted molar refractivity (Wildman–Crippen MR) is 73.6 cm³/mol. The zero-order chi connectivity index (χ0) is 14.7. The molecule has 1 rings (SSSR count). The molecule has 0 bridgehead atoms. The van der Waals surface area contributed by atoms with Crippen molar-refractivity contribution in [3.63, 3.8) is 0 Å². The molecule has 0 aliphatic heterocycles.